The Kier molecular flexibility index (Phi) is 3.67. The minimum Gasteiger partial charge on any atom is -0.508 e. The maximum Gasteiger partial charge on any atom is 0.417 e. The van der Waals surface area contributed by atoms with Gasteiger partial charge in [0.25, 0.3) is 0 Å². The second-order valence-electron chi connectivity index (χ2n) is 3.10. The Labute approximate surface area is 106 Å². The molecule has 4 radical (unpaired) electrons. The average molecular weight is 332 g/mol. The van der Waals surface area contributed by atoms with Gasteiger partial charge < -0.3 is 5.11 Å². The quantitative estimate of drug-likeness (QED) is 0.753. The number of aromatic hydroxyl groups is 1. The van der Waals surface area contributed by atoms with E-state index in [-0.39, 0.29) is 35.0 Å². The fourth-order valence-electron chi connectivity index (χ4n) is 1.27. The average Bonchev–Trinajstić information content (AvgIpc) is 2.15. The number of benzene rings is 1. The number of nitrogens with zero attached hydrogens (tertiary/aromatic N) is 1. The second kappa shape index (κ2) is 4.48. The van der Waals surface area contributed by atoms with Crippen LogP contribution in [0.2, 0.25) is 0 Å². The number of hydrogen-bond acceptors (Lipinski definition) is 2. The van der Waals surface area contributed by atoms with Crippen LogP contribution >= 0.6 is 0 Å². The number of alkyl halides is 3. The summed E-state index contributed by atoms with van der Waals surface area (Å²) in [7, 11) is 0. The summed E-state index contributed by atoms with van der Waals surface area (Å²) >= 11 is 0. The molecule has 1 heterocycles. The van der Waals surface area contributed by atoms with Crippen LogP contribution in [-0.2, 0) is 6.18 Å². The molecule has 16 heavy (non-hydrogen) atoms. The number of hydrogen-bond donors (Lipinski definition) is 1. The van der Waals surface area contributed by atoms with Crippen molar-refractivity contribution in [2.45, 2.75) is 6.18 Å². The first-order valence-corrected chi connectivity index (χ1v) is 4.13. The van der Waals surface area contributed by atoms with E-state index in [1.165, 1.54) is 18.2 Å². The van der Waals surface area contributed by atoms with E-state index in [1.807, 2.05) is 0 Å². The van der Waals surface area contributed by atoms with Crippen molar-refractivity contribution in [3.63, 3.8) is 0 Å². The third kappa shape index (κ3) is 2.58. The third-order valence-electron chi connectivity index (χ3n) is 1.99. The SMILES string of the molecule is Oc1ccc2ncc(C(F)(F)F)cc2c1.[Sn]. The summed E-state index contributed by atoms with van der Waals surface area (Å²) < 4.78 is 36.9. The second-order valence-corrected chi connectivity index (χ2v) is 3.10. The molecular weight excluding hydrogens is 326 g/mol. The smallest absolute Gasteiger partial charge is 0.417 e. The van der Waals surface area contributed by atoms with Crippen molar-refractivity contribution >= 4 is 34.8 Å². The van der Waals surface area contributed by atoms with E-state index in [0.29, 0.717) is 5.52 Å². The normalized spacial score (nSPS) is 11.2. The van der Waals surface area contributed by atoms with Gasteiger partial charge in [-0.05, 0) is 24.3 Å². The first-order chi connectivity index (χ1) is 6.97. The molecule has 1 aromatic carbocycles. The Balaban J connectivity index is 0.00000128. The van der Waals surface area contributed by atoms with Crippen molar-refractivity contribution in [3.05, 3.63) is 36.0 Å². The number of rotatable bonds is 0. The zero-order valence-corrected chi connectivity index (χ0v) is 10.8. The number of pyridine rings is 1. The van der Waals surface area contributed by atoms with E-state index < -0.39 is 11.7 Å². The molecule has 0 aliphatic rings. The summed E-state index contributed by atoms with van der Waals surface area (Å²) in [5.41, 5.74) is -0.401. The van der Waals surface area contributed by atoms with Crippen molar-refractivity contribution in [3.8, 4) is 5.75 Å². The molecule has 2 nitrogen and oxygen atoms in total. The Bertz CT molecular complexity index is 513. The molecule has 0 fully saturated rings. The summed E-state index contributed by atoms with van der Waals surface area (Å²) in [5, 5.41) is 9.38. The maximum atomic E-state index is 12.3. The summed E-state index contributed by atoms with van der Waals surface area (Å²) in [5.74, 6) is -0.0800. The molecule has 0 amide bonds. The number of halogens is 3. The van der Waals surface area contributed by atoms with E-state index in [4.69, 9.17) is 5.11 Å². The molecular formula is C10H6F3NOSn. The van der Waals surface area contributed by atoms with Crippen molar-refractivity contribution in [1.29, 1.82) is 0 Å². The zero-order valence-electron chi connectivity index (χ0n) is 7.92. The monoisotopic (exact) mass is 333 g/mol. The van der Waals surface area contributed by atoms with E-state index in [9.17, 15) is 13.2 Å². The van der Waals surface area contributed by atoms with Crippen LogP contribution in [0.15, 0.2) is 30.5 Å². The van der Waals surface area contributed by atoms with Crippen LogP contribution in [0.3, 0.4) is 0 Å². The van der Waals surface area contributed by atoms with Crippen molar-refractivity contribution in [2.24, 2.45) is 0 Å². The van der Waals surface area contributed by atoms with Gasteiger partial charge in [-0.1, -0.05) is 0 Å². The van der Waals surface area contributed by atoms with Crippen molar-refractivity contribution in [1.82, 2.24) is 4.98 Å². The van der Waals surface area contributed by atoms with Crippen LogP contribution in [0.5, 0.6) is 5.75 Å². The van der Waals surface area contributed by atoms with Gasteiger partial charge in [0.05, 0.1) is 11.1 Å². The molecule has 2 rings (SSSR count). The molecule has 0 unspecified atom stereocenters. The fraction of sp³-hybridized carbons (Fsp3) is 0.100. The van der Waals surface area contributed by atoms with Crippen LogP contribution in [0.4, 0.5) is 13.2 Å². The van der Waals surface area contributed by atoms with Crippen LogP contribution in [0.25, 0.3) is 10.9 Å². The first kappa shape index (κ1) is 13.1. The number of fused-ring (bicyclic) bond motifs is 1. The molecule has 0 aliphatic heterocycles. The van der Waals surface area contributed by atoms with Crippen LogP contribution in [-0.4, -0.2) is 34.0 Å². The molecule has 6 heteroatoms. The van der Waals surface area contributed by atoms with Crippen molar-refractivity contribution in [2.75, 3.05) is 0 Å². The largest absolute Gasteiger partial charge is 0.508 e. The Morgan fingerprint density at radius 1 is 1.12 bits per heavy atom. The van der Waals surface area contributed by atoms with Gasteiger partial charge in [0.15, 0.2) is 0 Å². The van der Waals surface area contributed by atoms with Gasteiger partial charge in [-0.25, -0.2) is 0 Å². The van der Waals surface area contributed by atoms with Gasteiger partial charge >= 0.3 is 6.18 Å². The van der Waals surface area contributed by atoms with Crippen LogP contribution in [0, 0.1) is 0 Å². The molecule has 1 aromatic heterocycles. The number of phenolic OH excluding ortho intramolecular Hbond substituents is 1. The molecule has 0 aliphatic carbocycles. The summed E-state index contributed by atoms with van der Waals surface area (Å²) in [6.45, 7) is 0. The van der Waals surface area contributed by atoms with Crippen LogP contribution in [0.1, 0.15) is 5.56 Å². The molecule has 82 valence electrons. The maximum absolute atomic E-state index is 12.3. The van der Waals surface area contributed by atoms with Gasteiger partial charge in [-0.3, -0.25) is 4.98 Å². The molecule has 0 spiro atoms. The van der Waals surface area contributed by atoms with Gasteiger partial charge in [-0.15, -0.1) is 0 Å². The van der Waals surface area contributed by atoms with E-state index in [1.54, 1.807) is 0 Å². The van der Waals surface area contributed by atoms with Crippen molar-refractivity contribution < 1.29 is 18.3 Å². The summed E-state index contributed by atoms with van der Waals surface area (Å²) in [6, 6.07) is 5.05. The van der Waals surface area contributed by atoms with Gasteiger partial charge in [-0.2, -0.15) is 13.2 Å². The third-order valence-corrected chi connectivity index (χ3v) is 1.99. The number of phenols is 1. The Morgan fingerprint density at radius 2 is 1.81 bits per heavy atom. The summed E-state index contributed by atoms with van der Waals surface area (Å²) in [4.78, 5) is 3.66. The van der Waals surface area contributed by atoms with E-state index >= 15 is 0 Å². The van der Waals surface area contributed by atoms with Gasteiger partial charge in [0.1, 0.15) is 5.75 Å². The van der Waals surface area contributed by atoms with E-state index in [2.05, 4.69) is 4.98 Å². The van der Waals surface area contributed by atoms with Gasteiger partial charge in [0, 0.05) is 35.5 Å². The molecule has 1 N–H and O–H groups in total. The minimum atomic E-state index is -4.41. The van der Waals surface area contributed by atoms with Crippen LogP contribution < -0.4 is 0 Å². The minimum absolute atomic E-state index is 0. The molecule has 0 saturated heterocycles. The Morgan fingerprint density at radius 3 is 2.44 bits per heavy atom. The predicted molar refractivity (Wildman–Crippen MR) is 54.2 cm³/mol. The molecule has 0 atom stereocenters. The van der Waals surface area contributed by atoms with E-state index in [0.717, 1.165) is 12.3 Å². The molecule has 2 aromatic rings. The molecule has 0 saturated carbocycles. The predicted octanol–water partition coefficient (Wildman–Crippen LogP) is 2.58. The summed E-state index contributed by atoms with van der Waals surface area (Å²) in [6.07, 6.45) is -3.63. The van der Waals surface area contributed by atoms with Gasteiger partial charge in [0.2, 0.25) is 0 Å². The fourth-order valence-corrected chi connectivity index (χ4v) is 1.27. The zero-order chi connectivity index (χ0) is 11.1. The topological polar surface area (TPSA) is 33.1 Å². The molecule has 0 bridgehead atoms. The number of aromatic nitrogens is 1. The first-order valence-electron chi connectivity index (χ1n) is 4.13. The Hall–Kier alpha value is -0.981. The standard InChI is InChI=1S/C10H6F3NO.Sn/c11-10(12,13)7-3-6-4-8(15)1-2-9(6)14-5-7;/h1-5,15H;.